The quantitative estimate of drug-likeness (QED) is 0.807. The van der Waals surface area contributed by atoms with Gasteiger partial charge in [0, 0.05) is 13.7 Å². The SMILES string of the molecule is COC1(C(=O)NCC(Cc2cccc(C)c2)C(=O)O)CCC1. The first-order chi connectivity index (χ1) is 10.5. The smallest absolute Gasteiger partial charge is 0.308 e. The van der Waals surface area contributed by atoms with Crippen LogP contribution in [-0.2, 0) is 20.7 Å². The van der Waals surface area contributed by atoms with E-state index < -0.39 is 17.5 Å². The number of amides is 1. The second kappa shape index (κ2) is 6.92. The predicted molar refractivity (Wildman–Crippen MR) is 82.6 cm³/mol. The molecular formula is C17H23NO4. The highest BCUT2D eigenvalue weighted by Gasteiger charge is 2.44. The van der Waals surface area contributed by atoms with Gasteiger partial charge < -0.3 is 15.2 Å². The minimum Gasteiger partial charge on any atom is -0.481 e. The van der Waals surface area contributed by atoms with Gasteiger partial charge in [0.2, 0.25) is 0 Å². The third-order valence-corrected chi connectivity index (χ3v) is 4.39. The summed E-state index contributed by atoms with van der Waals surface area (Å²) in [6, 6.07) is 7.77. The molecule has 1 saturated carbocycles. The van der Waals surface area contributed by atoms with Crippen molar-refractivity contribution in [3.8, 4) is 0 Å². The van der Waals surface area contributed by atoms with Gasteiger partial charge in [-0.05, 0) is 38.2 Å². The van der Waals surface area contributed by atoms with Crippen molar-refractivity contribution >= 4 is 11.9 Å². The summed E-state index contributed by atoms with van der Waals surface area (Å²) in [6.07, 6.45) is 2.76. The molecular weight excluding hydrogens is 282 g/mol. The summed E-state index contributed by atoms with van der Waals surface area (Å²) in [5.41, 5.74) is 1.32. The van der Waals surface area contributed by atoms with Crippen LogP contribution in [0, 0.1) is 12.8 Å². The molecule has 2 N–H and O–H groups in total. The first kappa shape index (κ1) is 16.5. The lowest BCUT2D eigenvalue weighted by Crippen LogP contribution is -2.54. The van der Waals surface area contributed by atoms with Crippen molar-refractivity contribution in [2.24, 2.45) is 5.92 Å². The van der Waals surface area contributed by atoms with Crippen LogP contribution < -0.4 is 5.32 Å². The first-order valence-corrected chi connectivity index (χ1v) is 7.58. The van der Waals surface area contributed by atoms with Crippen LogP contribution in [0.2, 0.25) is 0 Å². The predicted octanol–water partition coefficient (Wildman–Crippen LogP) is 1.92. The van der Waals surface area contributed by atoms with E-state index >= 15 is 0 Å². The summed E-state index contributed by atoms with van der Waals surface area (Å²) in [5.74, 6) is -1.74. The molecule has 0 radical (unpaired) electrons. The molecule has 120 valence electrons. The first-order valence-electron chi connectivity index (χ1n) is 7.58. The van der Waals surface area contributed by atoms with E-state index in [4.69, 9.17) is 4.74 Å². The number of rotatable bonds is 7. The molecule has 1 unspecified atom stereocenters. The van der Waals surface area contributed by atoms with Crippen molar-refractivity contribution < 1.29 is 19.4 Å². The Morgan fingerprint density at radius 1 is 1.41 bits per heavy atom. The Balaban J connectivity index is 1.95. The molecule has 1 atom stereocenters. The molecule has 22 heavy (non-hydrogen) atoms. The minimum atomic E-state index is -0.901. The zero-order valence-corrected chi connectivity index (χ0v) is 13.1. The van der Waals surface area contributed by atoms with Gasteiger partial charge in [0.25, 0.3) is 5.91 Å². The highest BCUT2D eigenvalue weighted by molar-refractivity contribution is 5.86. The van der Waals surface area contributed by atoms with Crippen molar-refractivity contribution in [1.82, 2.24) is 5.32 Å². The van der Waals surface area contributed by atoms with Crippen LogP contribution in [-0.4, -0.2) is 36.2 Å². The molecule has 1 fully saturated rings. The third kappa shape index (κ3) is 3.65. The molecule has 1 aliphatic rings. The largest absolute Gasteiger partial charge is 0.481 e. The Hall–Kier alpha value is -1.88. The van der Waals surface area contributed by atoms with Gasteiger partial charge in [0.15, 0.2) is 0 Å². The number of carboxylic acids is 1. The minimum absolute atomic E-state index is 0.118. The summed E-state index contributed by atoms with van der Waals surface area (Å²) in [5, 5.41) is 12.1. The normalized spacial score (nSPS) is 17.4. The van der Waals surface area contributed by atoms with Gasteiger partial charge in [-0.2, -0.15) is 0 Å². The molecule has 0 aliphatic heterocycles. The molecule has 0 spiro atoms. The Morgan fingerprint density at radius 3 is 2.64 bits per heavy atom. The number of aryl methyl sites for hydroxylation is 1. The average molecular weight is 305 g/mol. The van der Waals surface area contributed by atoms with Crippen LogP contribution in [0.4, 0.5) is 0 Å². The molecule has 5 heteroatoms. The Bertz CT molecular complexity index is 546. The van der Waals surface area contributed by atoms with E-state index in [0.717, 1.165) is 17.5 Å². The number of hydrogen-bond donors (Lipinski definition) is 2. The van der Waals surface area contributed by atoms with Gasteiger partial charge in [0.05, 0.1) is 5.92 Å². The second-order valence-electron chi connectivity index (χ2n) is 5.99. The van der Waals surface area contributed by atoms with E-state index in [2.05, 4.69) is 5.32 Å². The van der Waals surface area contributed by atoms with Crippen LogP contribution in [0.3, 0.4) is 0 Å². The number of methoxy groups -OCH3 is 1. The standard InChI is InChI=1S/C17H23NO4/c1-12-5-3-6-13(9-12)10-14(15(19)20)11-18-16(21)17(22-2)7-4-8-17/h3,5-6,9,14H,4,7-8,10-11H2,1-2H3,(H,18,21)(H,19,20). The molecule has 1 aliphatic carbocycles. The lowest BCUT2D eigenvalue weighted by Gasteiger charge is -2.38. The van der Waals surface area contributed by atoms with Crippen LogP contribution in [0.5, 0.6) is 0 Å². The van der Waals surface area contributed by atoms with Gasteiger partial charge in [-0.1, -0.05) is 29.8 Å². The van der Waals surface area contributed by atoms with E-state index in [0.29, 0.717) is 19.3 Å². The molecule has 0 bridgehead atoms. The van der Waals surface area contributed by atoms with Crippen LogP contribution >= 0.6 is 0 Å². The van der Waals surface area contributed by atoms with Crippen molar-refractivity contribution in [2.45, 2.75) is 38.2 Å². The zero-order valence-electron chi connectivity index (χ0n) is 13.1. The second-order valence-corrected chi connectivity index (χ2v) is 5.99. The summed E-state index contributed by atoms with van der Waals surface area (Å²) in [6.45, 7) is 2.09. The monoisotopic (exact) mass is 305 g/mol. The zero-order chi connectivity index (χ0) is 16.2. The molecule has 0 heterocycles. The molecule has 1 amide bonds. The fraction of sp³-hybridized carbons (Fsp3) is 0.529. The fourth-order valence-electron chi connectivity index (χ4n) is 2.77. The average Bonchev–Trinajstić information content (AvgIpc) is 2.42. The topological polar surface area (TPSA) is 75.6 Å². The Labute approximate surface area is 130 Å². The molecule has 2 rings (SSSR count). The van der Waals surface area contributed by atoms with Crippen LogP contribution in [0.25, 0.3) is 0 Å². The van der Waals surface area contributed by atoms with Gasteiger partial charge in [-0.3, -0.25) is 9.59 Å². The van der Waals surface area contributed by atoms with E-state index in [1.54, 1.807) is 0 Å². The number of carbonyl (C=O) groups is 2. The highest BCUT2D eigenvalue weighted by Crippen LogP contribution is 2.35. The van der Waals surface area contributed by atoms with Crippen LogP contribution in [0.15, 0.2) is 24.3 Å². The van der Waals surface area contributed by atoms with E-state index in [1.165, 1.54) is 7.11 Å². The van der Waals surface area contributed by atoms with E-state index in [1.807, 2.05) is 31.2 Å². The van der Waals surface area contributed by atoms with Gasteiger partial charge in [-0.15, -0.1) is 0 Å². The molecule has 0 saturated heterocycles. The van der Waals surface area contributed by atoms with E-state index in [-0.39, 0.29) is 12.5 Å². The lowest BCUT2D eigenvalue weighted by molar-refractivity contribution is -0.154. The number of ether oxygens (including phenoxy) is 1. The number of nitrogens with one attached hydrogen (secondary N) is 1. The molecule has 1 aromatic carbocycles. The van der Waals surface area contributed by atoms with Crippen molar-refractivity contribution in [3.05, 3.63) is 35.4 Å². The summed E-state index contributed by atoms with van der Waals surface area (Å²) in [7, 11) is 1.53. The van der Waals surface area contributed by atoms with Crippen LogP contribution in [0.1, 0.15) is 30.4 Å². The molecule has 0 aromatic heterocycles. The number of aliphatic carboxylic acids is 1. The van der Waals surface area contributed by atoms with Crippen molar-refractivity contribution in [3.63, 3.8) is 0 Å². The molecule has 1 aromatic rings. The maximum absolute atomic E-state index is 12.2. The van der Waals surface area contributed by atoms with Crippen molar-refractivity contribution in [1.29, 1.82) is 0 Å². The van der Waals surface area contributed by atoms with Gasteiger partial charge in [0.1, 0.15) is 5.60 Å². The maximum Gasteiger partial charge on any atom is 0.308 e. The molecule has 5 nitrogen and oxygen atoms in total. The summed E-state index contributed by atoms with van der Waals surface area (Å²) < 4.78 is 5.30. The number of benzene rings is 1. The maximum atomic E-state index is 12.2. The van der Waals surface area contributed by atoms with Gasteiger partial charge in [-0.25, -0.2) is 0 Å². The summed E-state index contributed by atoms with van der Waals surface area (Å²) >= 11 is 0. The summed E-state index contributed by atoms with van der Waals surface area (Å²) in [4.78, 5) is 23.6. The highest BCUT2D eigenvalue weighted by atomic mass is 16.5. The van der Waals surface area contributed by atoms with Crippen molar-refractivity contribution in [2.75, 3.05) is 13.7 Å². The fourth-order valence-corrected chi connectivity index (χ4v) is 2.77. The Kier molecular flexibility index (Phi) is 5.19. The number of hydrogen-bond acceptors (Lipinski definition) is 3. The number of carbonyl (C=O) groups excluding carboxylic acids is 1. The van der Waals surface area contributed by atoms with Gasteiger partial charge >= 0.3 is 5.97 Å². The third-order valence-electron chi connectivity index (χ3n) is 4.39. The number of carboxylic acid groups (broad SMARTS) is 1. The Morgan fingerprint density at radius 2 is 2.14 bits per heavy atom. The van der Waals surface area contributed by atoms with E-state index in [9.17, 15) is 14.7 Å². The lowest BCUT2D eigenvalue weighted by atomic mass is 9.79.